The lowest BCUT2D eigenvalue weighted by atomic mass is 9.86. The van der Waals surface area contributed by atoms with Gasteiger partial charge in [0.05, 0.1) is 6.42 Å². The molecule has 0 bridgehead atoms. The minimum Gasteiger partial charge on any atom is -0.340 e. The average molecular weight is 280 g/mol. The number of carbonyl (C=O) groups is 2. The number of nitrogens with zero attached hydrogens (tertiary/aromatic N) is 1. The standard InChI is InChI=1S/C12H19F3N2O2/c1-5-11(4)8(18)16-10(2,3)9(19)17(11)7-6-12(13,14)15/h5-7H2,1-4H3,(H,16,18). The zero-order valence-corrected chi connectivity index (χ0v) is 11.5. The number of rotatable bonds is 3. The molecule has 0 radical (unpaired) electrons. The van der Waals surface area contributed by atoms with Crippen molar-refractivity contribution in [1.29, 1.82) is 0 Å². The van der Waals surface area contributed by atoms with E-state index in [1.807, 2.05) is 0 Å². The molecule has 1 saturated heterocycles. The van der Waals surface area contributed by atoms with Crippen molar-refractivity contribution in [2.24, 2.45) is 0 Å². The molecule has 1 fully saturated rings. The van der Waals surface area contributed by atoms with Gasteiger partial charge in [0.15, 0.2) is 0 Å². The van der Waals surface area contributed by atoms with E-state index in [1.54, 1.807) is 6.92 Å². The van der Waals surface area contributed by atoms with E-state index in [9.17, 15) is 22.8 Å². The van der Waals surface area contributed by atoms with Gasteiger partial charge in [0.2, 0.25) is 11.8 Å². The van der Waals surface area contributed by atoms with E-state index in [0.29, 0.717) is 0 Å². The number of piperazine rings is 1. The number of alkyl halides is 3. The maximum absolute atomic E-state index is 12.3. The van der Waals surface area contributed by atoms with Crippen LogP contribution in [-0.4, -0.2) is 40.5 Å². The van der Waals surface area contributed by atoms with Crippen LogP contribution in [-0.2, 0) is 9.59 Å². The summed E-state index contributed by atoms with van der Waals surface area (Å²) in [7, 11) is 0. The summed E-state index contributed by atoms with van der Waals surface area (Å²) >= 11 is 0. The maximum atomic E-state index is 12.3. The van der Waals surface area contributed by atoms with E-state index in [-0.39, 0.29) is 6.42 Å². The van der Waals surface area contributed by atoms with E-state index in [4.69, 9.17) is 0 Å². The van der Waals surface area contributed by atoms with Crippen molar-refractivity contribution < 1.29 is 22.8 Å². The Kier molecular flexibility index (Phi) is 3.89. The molecule has 1 N–H and O–H groups in total. The van der Waals surface area contributed by atoms with Crippen LogP contribution in [0.2, 0.25) is 0 Å². The molecule has 1 aliphatic heterocycles. The van der Waals surface area contributed by atoms with E-state index in [2.05, 4.69) is 5.32 Å². The number of hydrogen-bond acceptors (Lipinski definition) is 2. The highest BCUT2D eigenvalue weighted by molar-refractivity contribution is 6.01. The Bertz CT molecular complexity index is 393. The van der Waals surface area contributed by atoms with Gasteiger partial charge < -0.3 is 10.2 Å². The molecule has 110 valence electrons. The van der Waals surface area contributed by atoms with Gasteiger partial charge in [-0.15, -0.1) is 0 Å². The van der Waals surface area contributed by atoms with Crippen molar-refractivity contribution in [3.05, 3.63) is 0 Å². The highest BCUT2D eigenvalue weighted by Gasteiger charge is 2.52. The van der Waals surface area contributed by atoms with Crippen molar-refractivity contribution in [2.45, 2.75) is 57.8 Å². The fourth-order valence-corrected chi connectivity index (χ4v) is 2.09. The van der Waals surface area contributed by atoms with Crippen LogP contribution in [0.4, 0.5) is 13.2 Å². The van der Waals surface area contributed by atoms with Gasteiger partial charge >= 0.3 is 6.18 Å². The molecule has 0 spiro atoms. The molecular weight excluding hydrogens is 261 g/mol. The molecule has 1 heterocycles. The van der Waals surface area contributed by atoms with Crippen LogP contribution in [0.15, 0.2) is 0 Å². The Balaban J connectivity index is 3.04. The first-order valence-electron chi connectivity index (χ1n) is 6.15. The highest BCUT2D eigenvalue weighted by Crippen LogP contribution is 2.31. The van der Waals surface area contributed by atoms with E-state index in [0.717, 1.165) is 4.90 Å². The van der Waals surface area contributed by atoms with Gasteiger partial charge in [-0.2, -0.15) is 13.2 Å². The lowest BCUT2D eigenvalue weighted by Gasteiger charge is -2.49. The molecule has 1 aliphatic rings. The van der Waals surface area contributed by atoms with Crippen LogP contribution < -0.4 is 5.32 Å². The van der Waals surface area contributed by atoms with Gasteiger partial charge in [-0.3, -0.25) is 9.59 Å². The second-order valence-corrected chi connectivity index (χ2v) is 5.53. The first-order chi connectivity index (χ1) is 8.44. The summed E-state index contributed by atoms with van der Waals surface area (Å²) in [6.45, 7) is 5.65. The third-order valence-corrected chi connectivity index (χ3v) is 3.60. The first kappa shape index (κ1) is 15.8. The lowest BCUT2D eigenvalue weighted by Crippen LogP contribution is -2.73. The van der Waals surface area contributed by atoms with E-state index in [1.165, 1.54) is 20.8 Å². The van der Waals surface area contributed by atoms with Crippen molar-refractivity contribution in [1.82, 2.24) is 10.2 Å². The fourth-order valence-electron chi connectivity index (χ4n) is 2.09. The van der Waals surface area contributed by atoms with Crippen LogP contribution >= 0.6 is 0 Å². The molecule has 1 unspecified atom stereocenters. The molecular formula is C12H19F3N2O2. The number of carbonyl (C=O) groups excluding carboxylic acids is 2. The van der Waals surface area contributed by atoms with E-state index < -0.39 is 42.0 Å². The maximum Gasteiger partial charge on any atom is 0.390 e. The molecule has 0 aromatic heterocycles. The number of halogens is 3. The van der Waals surface area contributed by atoms with Gasteiger partial charge in [0.1, 0.15) is 11.1 Å². The minimum absolute atomic E-state index is 0.262. The SMILES string of the molecule is CCC1(C)C(=O)NC(C)(C)C(=O)N1CCC(F)(F)F. The first-order valence-corrected chi connectivity index (χ1v) is 6.15. The van der Waals surface area contributed by atoms with Crippen molar-refractivity contribution >= 4 is 11.8 Å². The molecule has 19 heavy (non-hydrogen) atoms. The van der Waals surface area contributed by atoms with Gasteiger partial charge in [-0.05, 0) is 27.2 Å². The lowest BCUT2D eigenvalue weighted by molar-refractivity contribution is -0.168. The molecule has 0 saturated carbocycles. The zero-order chi connectivity index (χ0) is 15.1. The molecule has 2 amide bonds. The fraction of sp³-hybridized carbons (Fsp3) is 0.833. The van der Waals surface area contributed by atoms with Crippen LogP contribution in [0.5, 0.6) is 0 Å². The summed E-state index contributed by atoms with van der Waals surface area (Å²) in [6, 6.07) is 0. The van der Waals surface area contributed by atoms with Crippen molar-refractivity contribution in [2.75, 3.05) is 6.54 Å². The Morgan fingerprint density at radius 2 is 1.74 bits per heavy atom. The third-order valence-electron chi connectivity index (χ3n) is 3.60. The molecule has 4 nitrogen and oxygen atoms in total. The van der Waals surface area contributed by atoms with Gasteiger partial charge in [0, 0.05) is 6.54 Å². The second kappa shape index (κ2) is 4.68. The average Bonchev–Trinajstić information content (AvgIpc) is 2.24. The molecule has 7 heteroatoms. The highest BCUT2D eigenvalue weighted by atomic mass is 19.4. The molecule has 1 rings (SSSR count). The monoisotopic (exact) mass is 280 g/mol. The van der Waals surface area contributed by atoms with Crippen LogP contribution in [0.1, 0.15) is 40.5 Å². The smallest absolute Gasteiger partial charge is 0.340 e. The number of hydrogen-bond donors (Lipinski definition) is 1. The quantitative estimate of drug-likeness (QED) is 0.857. The summed E-state index contributed by atoms with van der Waals surface area (Å²) in [5.74, 6) is -0.900. The van der Waals surface area contributed by atoms with Crippen molar-refractivity contribution in [3.8, 4) is 0 Å². The number of amides is 2. The topological polar surface area (TPSA) is 49.4 Å². The van der Waals surface area contributed by atoms with Gasteiger partial charge in [-0.1, -0.05) is 6.92 Å². The molecule has 1 atom stereocenters. The Morgan fingerprint density at radius 1 is 1.21 bits per heavy atom. The van der Waals surface area contributed by atoms with Gasteiger partial charge in [-0.25, -0.2) is 0 Å². The number of nitrogens with one attached hydrogen (secondary N) is 1. The van der Waals surface area contributed by atoms with Crippen LogP contribution in [0, 0.1) is 0 Å². The van der Waals surface area contributed by atoms with Crippen LogP contribution in [0.3, 0.4) is 0 Å². The predicted octanol–water partition coefficient (Wildman–Crippen LogP) is 1.84. The summed E-state index contributed by atoms with van der Waals surface area (Å²) in [6.07, 6.45) is -5.21. The van der Waals surface area contributed by atoms with E-state index >= 15 is 0 Å². The zero-order valence-electron chi connectivity index (χ0n) is 11.5. The molecule has 0 aromatic carbocycles. The van der Waals surface area contributed by atoms with Crippen LogP contribution in [0.25, 0.3) is 0 Å². The van der Waals surface area contributed by atoms with Crippen molar-refractivity contribution in [3.63, 3.8) is 0 Å². The Morgan fingerprint density at radius 3 is 2.16 bits per heavy atom. The Labute approximate surface area is 110 Å². The second-order valence-electron chi connectivity index (χ2n) is 5.53. The molecule has 0 aromatic rings. The normalized spacial score (nSPS) is 27.4. The predicted molar refractivity (Wildman–Crippen MR) is 63.3 cm³/mol. The minimum atomic E-state index is -4.35. The summed E-state index contributed by atoms with van der Waals surface area (Å²) in [4.78, 5) is 25.3. The molecule has 0 aliphatic carbocycles. The Hall–Kier alpha value is -1.27. The summed E-state index contributed by atoms with van der Waals surface area (Å²) in [5, 5.41) is 2.56. The van der Waals surface area contributed by atoms with Gasteiger partial charge in [0.25, 0.3) is 0 Å². The summed E-state index contributed by atoms with van der Waals surface area (Å²) in [5.41, 5.74) is -2.39. The third kappa shape index (κ3) is 3.01. The largest absolute Gasteiger partial charge is 0.390 e. The summed E-state index contributed by atoms with van der Waals surface area (Å²) < 4.78 is 37.0.